The van der Waals surface area contributed by atoms with E-state index in [-0.39, 0.29) is 0 Å². The summed E-state index contributed by atoms with van der Waals surface area (Å²) in [6.07, 6.45) is 5.60. The van der Waals surface area contributed by atoms with Crippen molar-refractivity contribution < 1.29 is 0 Å². The van der Waals surface area contributed by atoms with Crippen molar-refractivity contribution in [3.63, 3.8) is 0 Å². The van der Waals surface area contributed by atoms with Gasteiger partial charge in [0.2, 0.25) is 0 Å². The average Bonchev–Trinajstić information content (AvgIpc) is 2.90. The molecular weight excluding hydrogens is 172 g/mol. The third-order valence-electron chi connectivity index (χ3n) is 3.80. The molecule has 0 spiro atoms. The minimum Gasteiger partial charge on any atom is -0.312 e. The van der Waals surface area contributed by atoms with Gasteiger partial charge in [0.25, 0.3) is 0 Å². The fourth-order valence-electron chi connectivity index (χ4n) is 2.35. The molecule has 2 rings (SSSR count). The van der Waals surface area contributed by atoms with E-state index >= 15 is 0 Å². The number of nitrogens with zero attached hydrogens (tertiary/aromatic N) is 1. The zero-order chi connectivity index (χ0) is 9.97. The molecule has 2 aliphatic rings. The largest absolute Gasteiger partial charge is 0.312 e. The minimum atomic E-state index is 0.743. The quantitative estimate of drug-likeness (QED) is 0.722. The normalized spacial score (nSPS) is 30.9. The monoisotopic (exact) mass is 196 g/mol. The van der Waals surface area contributed by atoms with Crippen molar-refractivity contribution in [2.24, 2.45) is 5.92 Å². The first-order valence-corrected chi connectivity index (χ1v) is 6.27. The summed E-state index contributed by atoms with van der Waals surface area (Å²) in [4.78, 5) is 2.66. The molecule has 1 aliphatic carbocycles. The Labute approximate surface area is 88.1 Å². The Morgan fingerprint density at radius 2 is 2.14 bits per heavy atom. The Balaban J connectivity index is 1.66. The van der Waals surface area contributed by atoms with Gasteiger partial charge < -0.3 is 5.32 Å². The highest BCUT2D eigenvalue weighted by molar-refractivity contribution is 4.85. The van der Waals surface area contributed by atoms with Crippen LogP contribution in [-0.2, 0) is 0 Å². The molecule has 1 saturated heterocycles. The summed E-state index contributed by atoms with van der Waals surface area (Å²) in [5.41, 5.74) is 0. The third-order valence-corrected chi connectivity index (χ3v) is 3.80. The lowest BCUT2D eigenvalue weighted by Gasteiger charge is -2.24. The molecule has 1 N–H and O–H groups in total. The minimum absolute atomic E-state index is 0.743. The van der Waals surface area contributed by atoms with Crippen molar-refractivity contribution in [1.82, 2.24) is 10.2 Å². The van der Waals surface area contributed by atoms with Crippen LogP contribution in [0.3, 0.4) is 0 Å². The molecule has 1 saturated carbocycles. The van der Waals surface area contributed by atoms with Crippen LogP contribution in [0.15, 0.2) is 0 Å². The molecule has 82 valence electrons. The maximum Gasteiger partial charge on any atom is 0.0192 e. The second-order valence-electron chi connectivity index (χ2n) is 5.09. The van der Waals surface area contributed by atoms with Crippen LogP contribution in [0.1, 0.15) is 39.5 Å². The Kier molecular flexibility index (Phi) is 3.45. The highest BCUT2D eigenvalue weighted by Gasteiger charge is 2.26. The number of likely N-dealkylation sites (tertiary alicyclic amines) is 1. The number of hydrogen-bond donors (Lipinski definition) is 1. The summed E-state index contributed by atoms with van der Waals surface area (Å²) in [7, 11) is 0. The van der Waals surface area contributed by atoms with Gasteiger partial charge in [-0.3, -0.25) is 4.90 Å². The first-order chi connectivity index (χ1) is 6.79. The second-order valence-corrected chi connectivity index (χ2v) is 5.09. The van der Waals surface area contributed by atoms with E-state index in [2.05, 4.69) is 24.1 Å². The van der Waals surface area contributed by atoms with E-state index in [0.29, 0.717) is 0 Å². The summed E-state index contributed by atoms with van der Waals surface area (Å²) in [5, 5.41) is 3.62. The van der Waals surface area contributed by atoms with E-state index in [9.17, 15) is 0 Å². The van der Waals surface area contributed by atoms with Gasteiger partial charge in [-0.25, -0.2) is 0 Å². The topological polar surface area (TPSA) is 15.3 Å². The summed E-state index contributed by atoms with van der Waals surface area (Å²) in [5.74, 6) is 0.971. The lowest BCUT2D eigenvalue weighted by atomic mass is 10.1. The molecule has 1 aliphatic heterocycles. The van der Waals surface area contributed by atoms with Crippen molar-refractivity contribution in [2.45, 2.75) is 51.6 Å². The van der Waals surface area contributed by atoms with Gasteiger partial charge in [0.05, 0.1) is 0 Å². The highest BCUT2D eigenvalue weighted by atomic mass is 15.2. The molecule has 0 aromatic rings. The van der Waals surface area contributed by atoms with Crippen LogP contribution < -0.4 is 5.32 Å². The van der Waals surface area contributed by atoms with Gasteiger partial charge in [-0.2, -0.15) is 0 Å². The van der Waals surface area contributed by atoms with Gasteiger partial charge in [-0.1, -0.05) is 13.3 Å². The summed E-state index contributed by atoms with van der Waals surface area (Å²) < 4.78 is 0. The first-order valence-electron chi connectivity index (χ1n) is 6.27. The molecule has 0 radical (unpaired) electrons. The molecule has 2 heteroatoms. The molecule has 2 atom stereocenters. The predicted molar refractivity (Wildman–Crippen MR) is 60.5 cm³/mol. The summed E-state index contributed by atoms with van der Waals surface area (Å²) >= 11 is 0. The van der Waals surface area contributed by atoms with Gasteiger partial charge >= 0.3 is 0 Å². The molecule has 0 bridgehead atoms. The van der Waals surface area contributed by atoms with Crippen molar-refractivity contribution >= 4 is 0 Å². The van der Waals surface area contributed by atoms with Crippen molar-refractivity contribution in [1.29, 1.82) is 0 Å². The van der Waals surface area contributed by atoms with Crippen LogP contribution in [0.2, 0.25) is 0 Å². The van der Waals surface area contributed by atoms with E-state index < -0.39 is 0 Å². The number of rotatable bonds is 5. The molecular formula is C12H24N2. The zero-order valence-corrected chi connectivity index (χ0v) is 9.63. The van der Waals surface area contributed by atoms with Crippen LogP contribution in [0.25, 0.3) is 0 Å². The number of hydrogen-bond acceptors (Lipinski definition) is 2. The molecule has 2 fully saturated rings. The van der Waals surface area contributed by atoms with Gasteiger partial charge in [0, 0.05) is 25.2 Å². The maximum atomic E-state index is 3.62. The van der Waals surface area contributed by atoms with Crippen molar-refractivity contribution in [3.05, 3.63) is 0 Å². The molecule has 2 nitrogen and oxygen atoms in total. The van der Waals surface area contributed by atoms with Crippen LogP contribution in [0.4, 0.5) is 0 Å². The van der Waals surface area contributed by atoms with Crippen LogP contribution in [0, 0.1) is 5.92 Å². The smallest absolute Gasteiger partial charge is 0.0192 e. The van der Waals surface area contributed by atoms with Crippen molar-refractivity contribution in [3.8, 4) is 0 Å². The van der Waals surface area contributed by atoms with E-state index in [4.69, 9.17) is 0 Å². The summed E-state index contributed by atoms with van der Waals surface area (Å²) in [6, 6.07) is 1.61. The van der Waals surface area contributed by atoms with Gasteiger partial charge in [0.15, 0.2) is 0 Å². The van der Waals surface area contributed by atoms with Crippen LogP contribution in [-0.4, -0.2) is 36.6 Å². The van der Waals surface area contributed by atoms with Crippen LogP contribution >= 0.6 is 0 Å². The molecule has 0 aromatic carbocycles. The van der Waals surface area contributed by atoms with E-state index in [1.807, 2.05) is 0 Å². The standard InChI is InChI=1S/C12H24N2/c1-3-11-6-7-14(9-11)10(2)8-13-12-4-5-12/h10-13H,3-9H2,1-2H3. The molecule has 0 amide bonds. The molecule has 14 heavy (non-hydrogen) atoms. The van der Waals surface area contributed by atoms with Crippen molar-refractivity contribution in [2.75, 3.05) is 19.6 Å². The Morgan fingerprint density at radius 1 is 1.36 bits per heavy atom. The Bertz CT molecular complexity index is 177. The van der Waals surface area contributed by atoms with E-state index in [1.54, 1.807) is 0 Å². The van der Waals surface area contributed by atoms with Crippen LogP contribution in [0.5, 0.6) is 0 Å². The lowest BCUT2D eigenvalue weighted by molar-refractivity contribution is 0.241. The third kappa shape index (κ3) is 2.71. The number of nitrogens with one attached hydrogen (secondary N) is 1. The van der Waals surface area contributed by atoms with Gasteiger partial charge in [-0.05, 0) is 38.6 Å². The first kappa shape index (κ1) is 10.4. The maximum absolute atomic E-state index is 3.62. The molecule has 0 aromatic heterocycles. The van der Waals surface area contributed by atoms with E-state index in [0.717, 1.165) is 18.0 Å². The average molecular weight is 196 g/mol. The highest BCUT2D eigenvalue weighted by Crippen LogP contribution is 2.22. The Morgan fingerprint density at radius 3 is 2.71 bits per heavy atom. The van der Waals surface area contributed by atoms with Gasteiger partial charge in [0.1, 0.15) is 0 Å². The van der Waals surface area contributed by atoms with Gasteiger partial charge in [-0.15, -0.1) is 0 Å². The molecule has 2 unspecified atom stereocenters. The fourth-order valence-corrected chi connectivity index (χ4v) is 2.35. The van der Waals surface area contributed by atoms with E-state index in [1.165, 1.54) is 45.3 Å². The SMILES string of the molecule is CCC1CCN(C(C)CNC2CC2)C1. The summed E-state index contributed by atoms with van der Waals surface area (Å²) in [6.45, 7) is 8.55. The molecule has 1 heterocycles. The lowest BCUT2D eigenvalue weighted by Crippen LogP contribution is -2.39. The predicted octanol–water partition coefficient (Wildman–Crippen LogP) is 1.86. The Hall–Kier alpha value is -0.0800. The fraction of sp³-hybridized carbons (Fsp3) is 1.00. The zero-order valence-electron chi connectivity index (χ0n) is 9.63. The second kappa shape index (κ2) is 4.63.